The van der Waals surface area contributed by atoms with Crippen molar-refractivity contribution in [3.8, 4) is 5.75 Å². The highest BCUT2D eigenvalue weighted by molar-refractivity contribution is 7.80. The van der Waals surface area contributed by atoms with Crippen LogP contribution in [0.5, 0.6) is 5.75 Å². The summed E-state index contributed by atoms with van der Waals surface area (Å²) < 4.78 is 6.05. The maximum absolute atomic E-state index is 6.05. The molecule has 2 aliphatic carbocycles. The molecule has 2 saturated carbocycles. The van der Waals surface area contributed by atoms with Crippen molar-refractivity contribution in [2.75, 3.05) is 5.32 Å². The van der Waals surface area contributed by atoms with E-state index >= 15 is 0 Å². The first-order chi connectivity index (χ1) is 13.6. The molecule has 0 atom stereocenters. The van der Waals surface area contributed by atoms with E-state index in [9.17, 15) is 0 Å². The van der Waals surface area contributed by atoms with Crippen LogP contribution < -0.4 is 15.4 Å². The van der Waals surface area contributed by atoms with Gasteiger partial charge in [0.25, 0.3) is 0 Å². The number of thiocarbonyl (C=S) groups is 1. The summed E-state index contributed by atoms with van der Waals surface area (Å²) in [5.74, 6) is 0.948. The topological polar surface area (TPSA) is 33.3 Å². The molecule has 2 N–H and O–H groups in total. The van der Waals surface area contributed by atoms with E-state index < -0.39 is 0 Å². The van der Waals surface area contributed by atoms with Crippen molar-refractivity contribution in [3.63, 3.8) is 0 Å². The summed E-state index contributed by atoms with van der Waals surface area (Å²) in [6.45, 7) is 2.19. The zero-order valence-electron chi connectivity index (χ0n) is 16.7. The number of ether oxygens (including phenoxy) is 1. The third-order valence-corrected chi connectivity index (χ3v) is 6.39. The average molecular weight is 395 g/mol. The lowest BCUT2D eigenvalue weighted by molar-refractivity contribution is 0.210. The van der Waals surface area contributed by atoms with Crippen molar-refractivity contribution in [1.29, 1.82) is 0 Å². The van der Waals surface area contributed by atoms with E-state index in [1.54, 1.807) is 0 Å². The monoisotopic (exact) mass is 394 g/mol. The molecular weight excluding hydrogens is 364 g/mol. The standard InChI is InChI=1S/C24H30N2OS/c1-18-8-2-5-11-22(18)24(16-6-7-17-24)26-23(28)25-19-12-14-21(15-13-19)27-20-9-3-4-10-20/h2,5,8,11-15,20H,3-4,6-7,9-10,16-17H2,1H3,(H2,25,26,28). The highest BCUT2D eigenvalue weighted by atomic mass is 32.1. The first-order valence-electron chi connectivity index (χ1n) is 10.6. The fourth-order valence-corrected chi connectivity index (χ4v) is 5.06. The second kappa shape index (κ2) is 8.52. The van der Waals surface area contributed by atoms with Crippen molar-refractivity contribution >= 4 is 23.0 Å². The number of benzene rings is 2. The van der Waals surface area contributed by atoms with Gasteiger partial charge in [0.15, 0.2) is 5.11 Å². The maximum atomic E-state index is 6.05. The second-order valence-corrected chi connectivity index (χ2v) is 8.64. The summed E-state index contributed by atoms with van der Waals surface area (Å²) in [6, 6.07) is 16.8. The predicted molar refractivity (Wildman–Crippen MR) is 120 cm³/mol. The van der Waals surface area contributed by atoms with E-state index in [4.69, 9.17) is 17.0 Å². The third kappa shape index (κ3) is 4.33. The summed E-state index contributed by atoms with van der Waals surface area (Å²) in [5.41, 5.74) is 3.64. The van der Waals surface area contributed by atoms with Crippen LogP contribution in [0.1, 0.15) is 62.5 Å². The fourth-order valence-electron chi connectivity index (χ4n) is 4.75. The van der Waals surface area contributed by atoms with Crippen LogP contribution in [-0.2, 0) is 5.54 Å². The van der Waals surface area contributed by atoms with Gasteiger partial charge in [-0.15, -0.1) is 0 Å². The van der Waals surface area contributed by atoms with Gasteiger partial charge in [-0.25, -0.2) is 0 Å². The quantitative estimate of drug-likeness (QED) is 0.603. The van der Waals surface area contributed by atoms with Gasteiger partial charge in [0, 0.05) is 5.69 Å². The van der Waals surface area contributed by atoms with E-state index in [0.29, 0.717) is 11.2 Å². The zero-order chi connectivity index (χ0) is 19.4. The molecule has 2 aromatic rings. The summed E-state index contributed by atoms with van der Waals surface area (Å²) >= 11 is 5.68. The Balaban J connectivity index is 1.41. The maximum Gasteiger partial charge on any atom is 0.171 e. The normalized spacial score (nSPS) is 18.8. The van der Waals surface area contributed by atoms with Crippen LogP contribution in [0, 0.1) is 6.92 Å². The number of nitrogens with one attached hydrogen (secondary N) is 2. The largest absolute Gasteiger partial charge is 0.490 e. The van der Waals surface area contributed by atoms with Gasteiger partial charge in [-0.3, -0.25) is 0 Å². The summed E-state index contributed by atoms with van der Waals surface area (Å²) in [4.78, 5) is 0. The number of hydrogen-bond donors (Lipinski definition) is 2. The molecular formula is C24H30N2OS. The number of hydrogen-bond acceptors (Lipinski definition) is 2. The molecule has 0 amide bonds. The predicted octanol–water partition coefficient (Wildman–Crippen LogP) is 6.07. The lowest BCUT2D eigenvalue weighted by Crippen LogP contribution is -2.46. The minimum absolute atomic E-state index is 0.0546. The Morgan fingerprint density at radius 1 is 0.964 bits per heavy atom. The van der Waals surface area contributed by atoms with E-state index in [1.165, 1.54) is 49.7 Å². The summed E-state index contributed by atoms with van der Waals surface area (Å²) in [6.07, 6.45) is 10.0. The minimum Gasteiger partial charge on any atom is -0.490 e. The number of aryl methyl sites for hydroxylation is 1. The van der Waals surface area contributed by atoms with Crippen molar-refractivity contribution in [2.45, 2.75) is 69.9 Å². The smallest absolute Gasteiger partial charge is 0.171 e. The Morgan fingerprint density at radius 2 is 1.64 bits per heavy atom. The Kier molecular flexibility index (Phi) is 5.86. The van der Waals surface area contributed by atoms with E-state index in [0.717, 1.165) is 24.3 Å². The molecule has 148 valence electrons. The molecule has 0 saturated heterocycles. The fraction of sp³-hybridized carbons (Fsp3) is 0.458. The molecule has 28 heavy (non-hydrogen) atoms. The second-order valence-electron chi connectivity index (χ2n) is 8.23. The Bertz CT molecular complexity index is 806. The van der Waals surface area contributed by atoms with Gasteiger partial charge in [0.05, 0.1) is 11.6 Å². The Morgan fingerprint density at radius 3 is 2.32 bits per heavy atom. The van der Waals surface area contributed by atoms with Crippen LogP contribution in [0.2, 0.25) is 0 Å². The van der Waals surface area contributed by atoms with E-state index in [-0.39, 0.29) is 5.54 Å². The Hall–Kier alpha value is -2.07. The minimum atomic E-state index is -0.0546. The molecule has 2 fully saturated rings. The van der Waals surface area contributed by atoms with Gasteiger partial charge in [0.2, 0.25) is 0 Å². The number of anilines is 1. The molecule has 2 aromatic carbocycles. The highest BCUT2D eigenvalue weighted by Gasteiger charge is 2.37. The third-order valence-electron chi connectivity index (χ3n) is 6.19. The molecule has 2 aliphatic rings. The molecule has 0 radical (unpaired) electrons. The van der Waals surface area contributed by atoms with Crippen LogP contribution in [0.3, 0.4) is 0 Å². The van der Waals surface area contributed by atoms with Crippen molar-refractivity contribution in [2.24, 2.45) is 0 Å². The molecule has 0 aliphatic heterocycles. The molecule has 0 heterocycles. The van der Waals surface area contributed by atoms with E-state index in [1.807, 2.05) is 24.3 Å². The van der Waals surface area contributed by atoms with Gasteiger partial charge in [-0.2, -0.15) is 0 Å². The van der Waals surface area contributed by atoms with Crippen LogP contribution >= 0.6 is 12.2 Å². The zero-order valence-corrected chi connectivity index (χ0v) is 17.5. The first-order valence-corrected chi connectivity index (χ1v) is 11.0. The lowest BCUT2D eigenvalue weighted by atomic mass is 9.85. The summed E-state index contributed by atoms with van der Waals surface area (Å²) in [5, 5.41) is 7.72. The molecule has 0 unspecified atom stereocenters. The highest BCUT2D eigenvalue weighted by Crippen LogP contribution is 2.40. The molecule has 4 heteroatoms. The first kappa shape index (κ1) is 19.3. The van der Waals surface area contributed by atoms with Crippen LogP contribution in [0.15, 0.2) is 48.5 Å². The van der Waals surface area contributed by atoms with Gasteiger partial charge in [0.1, 0.15) is 5.75 Å². The van der Waals surface area contributed by atoms with Crippen LogP contribution in [0.4, 0.5) is 5.69 Å². The molecule has 3 nitrogen and oxygen atoms in total. The molecule has 4 rings (SSSR count). The molecule has 0 spiro atoms. The average Bonchev–Trinajstić information content (AvgIpc) is 3.36. The Labute approximate surface area is 173 Å². The lowest BCUT2D eigenvalue weighted by Gasteiger charge is -2.33. The molecule has 0 bridgehead atoms. The van der Waals surface area contributed by atoms with Gasteiger partial charge < -0.3 is 15.4 Å². The summed E-state index contributed by atoms with van der Waals surface area (Å²) in [7, 11) is 0. The molecule has 0 aromatic heterocycles. The van der Waals surface area contributed by atoms with Gasteiger partial charge in [-0.05, 0) is 93.1 Å². The van der Waals surface area contributed by atoms with Gasteiger partial charge in [-0.1, -0.05) is 37.1 Å². The SMILES string of the molecule is Cc1ccccc1C1(NC(=S)Nc2ccc(OC3CCCC3)cc2)CCCC1. The van der Waals surface area contributed by atoms with Gasteiger partial charge >= 0.3 is 0 Å². The van der Waals surface area contributed by atoms with Crippen molar-refractivity contribution in [1.82, 2.24) is 5.32 Å². The number of rotatable bonds is 5. The van der Waals surface area contributed by atoms with Crippen molar-refractivity contribution < 1.29 is 4.74 Å². The van der Waals surface area contributed by atoms with Crippen molar-refractivity contribution in [3.05, 3.63) is 59.7 Å². The van der Waals surface area contributed by atoms with E-state index in [2.05, 4.69) is 41.8 Å². The van der Waals surface area contributed by atoms with Crippen LogP contribution in [0.25, 0.3) is 0 Å². The van der Waals surface area contributed by atoms with Crippen LogP contribution in [-0.4, -0.2) is 11.2 Å².